The number of hydrogen-bond acceptors (Lipinski definition) is 5. The van der Waals surface area contributed by atoms with E-state index in [1.807, 2.05) is 12.1 Å². The molecule has 2 N–H and O–H groups in total. The largest absolute Gasteiger partial charge is 0.351 e. The number of halogens is 2. The molecule has 7 heteroatoms. The van der Waals surface area contributed by atoms with E-state index in [1.165, 1.54) is 25.0 Å². The molecule has 0 aliphatic heterocycles. The van der Waals surface area contributed by atoms with Gasteiger partial charge >= 0.3 is 0 Å². The van der Waals surface area contributed by atoms with Crippen molar-refractivity contribution in [3.05, 3.63) is 60.4 Å². The summed E-state index contributed by atoms with van der Waals surface area (Å²) in [7, 11) is 0. The molecule has 0 saturated heterocycles. The lowest BCUT2D eigenvalue weighted by molar-refractivity contribution is 0.586. The second-order valence-electron chi connectivity index (χ2n) is 6.57. The van der Waals surface area contributed by atoms with Gasteiger partial charge in [0.05, 0.1) is 11.4 Å². The summed E-state index contributed by atoms with van der Waals surface area (Å²) in [5, 5.41) is 6.30. The Kier molecular flexibility index (Phi) is 4.91. The molecule has 5 nitrogen and oxygen atoms in total. The molecule has 2 aromatic heterocycles. The summed E-state index contributed by atoms with van der Waals surface area (Å²) in [6, 6.07) is 9.17. The Morgan fingerprint density at radius 3 is 2.44 bits per heavy atom. The molecule has 0 amide bonds. The summed E-state index contributed by atoms with van der Waals surface area (Å²) in [4.78, 5) is 13.1. The van der Waals surface area contributed by atoms with Crippen molar-refractivity contribution in [1.29, 1.82) is 0 Å². The maximum absolute atomic E-state index is 14.0. The van der Waals surface area contributed by atoms with Crippen molar-refractivity contribution in [2.45, 2.75) is 31.7 Å². The third kappa shape index (κ3) is 4.19. The Labute approximate surface area is 155 Å². The highest BCUT2D eigenvalue weighted by Crippen LogP contribution is 2.27. The van der Waals surface area contributed by atoms with Gasteiger partial charge in [0.1, 0.15) is 17.5 Å². The second-order valence-corrected chi connectivity index (χ2v) is 6.57. The average Bonchev–Trinajstić information content (AvgIpc) is 3.18. The van der Waals surface area contributed by atoms with E-state index >= 15 is 0 Å². The Morgan fingerprint density at radius 1 is 0.926 bits per heavy atom. The van der Waals surface area contributed by atoms with Gasteiger partial charge in [-0.2, -0.15) is 4.98 Å². The van der Waals surface area contributed by atoms with Crippen molar-refractivity contribution < 1.29 is 8.78 Å². The highest BCUT2D eigenvalue weighted by molar-refractivity contribution is 5.67. The SMILES string of the molecule is Fc1ccc(Nc2cc(-c3ccncc3)nc(NC3CCCC3)n2)c(F)c1. The van der Waals surface area contributed by atoms with Crippen molar-refractivity contribution in [1.82, 2.24) is 15.0 Å². The third-order valence-corrected chi connectivity index (χ3v) is 4.58. The monoisotopic (exact) mass is 367 g/mol. The molecular weight excluding hydrogens is 348 g/mol. The molecule has 1 fully saturated rings. The molecule has 0 bridgehead atoms. The van der Waals surface area contributed by atoms with Crippen LogP contribution in [0.2, 0.25) is 0 Å². The van der Waals surface area contributed by atoms with Gasteiger partial charge in [-0.1, -0.05) is 12.8 Å². The van der Waals surface area contributed by atoms with Crippen LogP contribution in [-0.4, -0.2) is 21.0 Å². The summed E-state index contributed by atoms with van der Waals surface area (Å²) in [5.41, 5.74) is 1.73. The van der Waals surface area contributed by atoms with Crippen molar-refractivity contribution >= 4 is 17.5 Å². The zero-order chi connectivity index (χ0) is 18.6. The zero-order valence-electron chi connectivity index (χ0n) is 14.6. The molecule has 0 radical (unpaired) electrons. The van der Waals surface area contributed by atoms with Crippen molar-refractivity contribution in [3.8, 4) is 11.3 Å². The fourth-order valence-electron chi connectivity index (χ4n) is 3.23. The highest BCUT2D eigenvalue weighted by Gasteiger charge is 2.17. The smallest absolute Gasteiger partial charge is 0.225 e. The number of benzene rings is 1. The summed E-state index contributed by atoms with van der Waals surface area (Å²) in [6.07, 6.45) is 7.92. The van der Waals surface area contributed by atoms with E-state index in [0.29, 0.717) is 23.5 Å². The molecular formula is C20H19F2N5. The van der Waals surface area contributed by atoms with Gasteiger partial charge in [-0.25, -0.2) is 13.8 Å². The fraction of sp³-hybridized carbons (Fsp3) is 0.250. The van der Waals surface area contributed by atoms with Crippen LogP contribution >= 0.6 is 0 Å². The predicted octanol–water partition coefficient (Wildman–Crippen LogP) is 4.91. The van der Waals surface area contributed by atoms with E-state index in [9.17, 15) is 8.78 Å². The van der Waals surface area contributed by atoms with Gasteiger partial charge in [0, 0.05) is 36.1 Å². The van der Waals surface area contributed by atoms with Crippen LogP contribution in [0.15, 0.2) is 48.8 Å². The highest BCUT2D eigenvalue weighted by atomic mass is 19.1. The van der Waals surface area contributed by atoms with E-state index in [2.05, 4.69) is 25.6 Å². The van der Waals surface area contributed by atoms with Crippen LogP contribution < -0.4 is 10.6 Å². The van der Waals surface area contributed by atoms with E-state index < -0.39 is 11.6 Å². The van der Waals surface area contributed by atoms with Gasteiger partial charge in [0.25, 0.3) is 0 Å². The first kappa shape index (κ1) is 17.3. The minimum atomic E-state index is -0.677. The van der Waals surface area contributed by atoms with Crippen LogP contribution in [0.5, 0.6) is 0 Å². The quantitative estimate of drug-likeness (QED) is 0.670. The van der Waals surface area contributed by atoms with Crippen LogP contribution in [-0.2, 0) is 0 Å². The molecule has 0 atom stereocenters. The molecule has 0 spiro atoms. The molecule has 1 aliphatic rings. The first-order valence-electron chi connectivity index (χ1n) is 8.95. The number of nitrogens with one attached hydrogen (secondary N) is 2. The third-order valence-electron chi connectivity index (χ3n) is 4.58. The van der Waals surface area contributed by atoms with E-state index in [1.54, 1.807) is 18.5 Å². The minimum Gasteiger partial charge on any atom is -0.351 e. The van der Waals surface area contributed by atoms with Gasteiger partial charge in [0.15, 0.2) is 0 Å². The van der Waals surface area contributed by atoms with Crippen molar-refractivity contribution in [3.63, 3.8) is 0 Å². The minimum absolute atomic E-state index is 0.155. The number of hydrogen-bond donors (Lipinski definition) is 2. The van der Waals surface area contributed by atoms with Crippen LogP contribution in [0.1, 0.15) is 25.7 Å². The lowest BCUT2D eigenvalue weighted by Gasteiger charge is -2.15. The molecule has 1 aromatic carbocycles. The summed E-state index contributed by atoms with van der Waals surface area (Å²) >= 11 is 0. The number of aromatic nitrogens is 3. The molecule has 1 saturated carbocycles. The molecule has 3 aromatic rings. The number of rotatable bonds is 5. The standard InChI is InChI=1S/C20H19F2N5/c21-14-5-6-17(16(22)11-14)25-19-12-18(13-7-9-23-10-8-13)26-20(27-19)24-15-3-1-2-4-15/h5-12,15H,1-4H2,(H2,24,25,26,27). The van der Waals surface area contributed by atoms with E-state index in [4.69, 9.17) is 0 Å². The molecule has 2 heterocycles. The van der Waals surface area contributed by atoms with E-state index in [0.717, 1.165) is 24.5 Å². The maximum Gasteiger partial charge on any atom is 0.225 e. The lowest BCUT2D eigenvalue weighted by atomic mass is 10.2. The van der Waals surface area contributed by atoms with Gasteiger partial charge < -0.3 is 10.6 Å². The lowest BCUT2D eigenvalue weighted by Crippen LogP contribution is -2.17. The topological polar surface area (TPSA) is 62.7 Å². The zero-order valence-corrected chi connectivity index (χ0v) is 14.6. The van der Waals surface area contributed by atoms with Gasteiger partial charge in [-0.05, 0) is 37.1 Å². The number of pyridine rings is 1. The maximum atomic E-state index is 14.0. The molecule has 0 unspecified atom stereocenters. The average molecular weight is 367 g/mol. The molecule has 27 heavy (non-hydrogen) atoms. The first-order chi connectivity index (χ1) is 13.2. The summed E-state index contributed by atoms with van der Waals surface area (Å²) in [5.74, 6) is -0.379. The van der Waals surface area contributed by atoms with Crippen molar-refractivity contribution in [2.75, 3.05) is 10.6 Å². The molecule has 4 rings (SSSR count). The predicted molar refractivity (Wildman–Crippen MR) is 101 cm³/mol. The normalized spacial score (nSPS) is 14.3. The van der Waals surface area contributed by atoms with Gasteiger partial charge in [-0.15, -0.1) is 0 Å². The Hall–Kier alpha value is -3.09. The number of nitrogens with zero attached hydrogens (tertiary/aromatic N) is 3. The van der Waals surface area contributed by atoms with Gasteiger partial charge in [-0.3, -0.25) is 4.98 Å². The first-order valence-corrected chi connectivity index (χ1v) is 8.95. The van der Waals surface area contributed by atoms with Crippen LogP contribution in [0, 0.1) is 11.6 Å². The molecule has 138 valence electrons. The van der Waals surface area contributed by atoms with Crippen molar-refractivity contribution in [2.24, 2.45) is 0 Å². The van der Waals surface area contributed by atoms with E-state index in [-0.39, 0.29) is 5.69 Å². The summed E-state index contributed by atoms with van der Waals surface area (Å²) in [6.45, 7) is 0. The summed E-state index contributed by atoms with van der Waals surface area (Å²) < 4.78 is 27.2. The second kappa shape index (κ2) is 7.65. The van der Waals surface area contributed by atoms with Crippen LogP contribution in [0.4, 0.5) is 26.2 Å². The Balaban J connectivity index is 1.68. The Morgan fingerprint density at radius 2 is 1.70 bits per heavy atom. The Bertz CT molecular complexity index is 927. The number of anilines is 3. The van der Waals surface area contributed by atoms with Crippen LogP contribution in [0.25, 0.3) is 11.3 Å². The fourth-order valence-corrected chi connectivity index (χ4v) is 3.23. The van der Waals surface area contributed by atoms with Gasteiger partial charge in [0.2, 0.25) is 5.95 Å². The molecule has 1 aliphatic carbocycles. The van der Waals surface area contributed by atoms with Crippen LogP contribution in [0.3, 0.4) is 0 Å².